The average molecular weight is 311 g/mol. The van der Waals surface area contributed by atoms with Crippen molar-refractivity contribution in [2.75, 3.05) is 6.54 Å². The summed E-state index contributed by atoms with van der Waals surface area (Å²) in [5, 5.41) is 13.2. The summed E-state index contributed by atoms with van der Waals surface area (Å²) in [6, 6.07) is 9.49. The summed E-state index contributed by atoms with van der Waals surface area (Å²) in [5.41, 5.74) is 2.71. The number of benzene rings is 1. The standard InChI is InChI=1S/C15H13N5OS/c21-15(19-6-4-14-12(9-19)5-7-22-14)11-2-1-3-13(8-11)20-10-16-17-18-20/h1-3,5,7-8,10H,4,6,9H2. The van der Waals surface area contributed by atoms with E-state index in [1.54, 1.807) is 16.0 Å². The highest BCUT2D eigenvalue weighted by molar-refractivity contribution is 7.10. The van der Waals surface area contributed by atoms with E-state index in [0.717, 1.165) is 18.7 Å². The normalized spacial score (nSPS) is 13.9. The number of thiophene rings is 1. The summed E-state index contributed by atoms with van der Waals surface area (Å²) in [7, 11) is 0. The van der Waals surface area contributed by atoms with E-state index in [2.05, 4.69) is 27.0 Å². The van der Waals surface area contributed by atoms with Gasteiger partial charge in [0.15, 0.2) is 0 Å². The second-order valence-corrected chi connectivity index (χ2v) is 6.15. The van der Waals surface area contributed by atoms with E-state index in [4.69, 9.17) is 0 Å². The molecular formula is C15H13N5OS. The van der Waals surface area contributed by atoms with Crippen LogP contribution >= 0.6 is 11.3 Å². The molecule has 3 heterocycles. The topological polar surface area (TPSA) is 63.9 Å². The van der Waals surface area contributed by atoms with Crippen LogP contribution in [0.4, 0.5) is 0 Å². The molecule has 0 spiro atoms. The Morgan fingerprint density at radius 1 is 1.27 bits per heavy atom. The van der Waals surface area contributed by atoms with Crippen LogP contribution in [0.5, 0.6) is 0 Å². The van der Waals surface area contributed by atoms with Crippen LogP contribution in [-0.4, -0.2) is 37.6 Å². The Bertz CT molecular complexity index is 811. The highest BCUT2D eigenvalue weighted by atomic mass is 32.1. The first kappa shape index (κ1) is 13.1. The molecule has 0 N–H and O–H groups in total. The van der Waals surface area contributed by atoms with Crippen LogP contribution in [0.15, 0.2) is 42.0 Å². The van der Waals surface area contributed by atoms with Crippen molar-refractivity contribution in [3.8, 4) is 5.69 Å². The lowest BCUT2D eigenvalue weighted by molar-refractivity contribution is 0.0736. The second kappa shape index (κ2) is 5.34. The molecule has 1 amide bonds. The van der Waals surface area contributed by atoms with E-state index >= 15 is 0 Å². The number of nitrogens with zero attached hydrogens (tertiary/aromatic N) is 5. The lowest BCUT2D eigenvalue weighted by Crippen LogP contribution is -2.35. The van der Waals surface area contributed by atoms with Gasteiger partial charge in [-0.2, -0.15) is 0 Å². The van der Waals surface area contributed by atoms with Gasteiger partial charge in [0.1, 0.15) is 6.33 Å². The average Bonchev–Trinajstić information content (AvgIpc) is 3.25. The van der Waals surface area contributed by atoms with Gasteiger partial charge < -0.3 is 4.90 Å². The third kappa shape index (κ3) is 2.29. The zero-order valence-electron chi connectivity index (χ0n) is 11.7. The first-order valence-electron chi connectivity index (χ1n) is 6.99. The number of hydrogen-bond acceptors (Lipinski definition) is 5. The second-order valence-electron chi connectivity index (χ2n) is 5.15. The molecule has 0 saturated carbocycles. The van der Waals surface area contributed by atoms with E-state index in [-0.39, 0.29) is 5.91 Å². The molecule has 4 rings (SSSR count). The smallest absolute Gasteiger partial charge is 0.254 e. The number of aromatic nitrogens is 4. The van der Waals surface area contributed by atoms with Gasteiger partial charge in [0, 0.05) is 23.5 Å². The van der Waals surface area contributed by atoms with Gasteiger partial charge in [-0.3, -0.25) is 4.79 Å². The molecule has 3 aromatic rings. The number of rotatable bonds is 2. The minimum atomic E-state index is 0.0479. The number of tetrazole rings is 1. The molecule has 0 atom stereocenters. The van der Waals surface area contributed by atoms with Crippen LogP contribution in [0.25, 0.3) is 5.69 Å². The number of carbonyl (C=O) groups is 1. The van der Waals surface area contributed by atoms with Crippen molar-refractivity contribution in [1.29, 1.82) is 0 Å². The van der Waals surface area contributed by atoms with Crippen molar-refractivity contribution in [3.05, 3.63) is 58.0 Å². The number of carbonyl (C=O) groups excluding carboxylic acids is 1. The van der Waals surface area contributed by atoms with Crippen LogP contribution in [0, 0.1) is 0 Å². The molecule has 1 aromatic carbocycles. The minimum Gasteiger partial charge on any atom is -0.334 e. The number of hydrogen-bond donors (Lipinski definition) is 0. The maximum absolute atomic E-state index is 12.7. The molecule has 1 aliphatic rings. The maximum Gasteiger partial charge on any atom is 0.254 e. The van der Waals surface area contributed by atoms with E-state index < -0.39 is 0 Å². The third-order valence-corrected chi connectivity index (χ3v) is 4.82. The maximum atomic E-state index is 12.7. The highest BCUT2D eigenvalue weighted by Crippen LogP contribution is 2.25. The molecule has 6 nitrogen and oxygen atoms in total. The molecule has 22 heavy (non-hydrogen) atoms. The monoisotopic (exact) mass is 311 g/mol. The van der Waals surface area contributed by atoms with Crippen LogP contribution in [0.2, 0.25) is 0 Å². The Balaban J connectivity index is 1.60. The van der Waals surface area contributed by atoms with Crippen molar-refractivity contribution in [1.82, 2.24) is 25.1 Å². The SMILES string of the molecule is O=C(c1cccc(-n2cnnn2)c1)N1CCc2sccc2C1. The summed E-state index contributed by atoms with van der Waals surface area (Å²) < 4.78 is 1.55. The third-order valence-electron chi connectivity index (χ3n) is 3.80. The van der Waals surface area contributed by atoms with E-state index in [1.807, 2.05) is 29.2 Å². The van der Waals surface area contributed by atoms with Crippen LogP contribution in [0.1, 0.15) is 20.8 Å². The predicted octanol–water partition coefficient (Wildman–Crippen LogP) is 1.92. The minimum absolute atomic E-state index is 0.0479. The Hall–Kier alpha value is -2.54. The number of amides is 1. The molecule has 0 unspecified atom stereocenters. The van der Waals surface area contributed by atoms with Crippen molar-refractivity contribution < 1.29 is 4.79 Å². The first-order valence-corrected chi connectivity index (χ1v) is 7.87. The molecule has 0 radical (unpaired) electrons. The zero-order chi connectivity index (χ0) is 14.9. The fourth-order valence-corrected chi connectivity index (χ4v) is 3.56. The van der Waals surface area contributed by atoms with E-state index in [0.29, 0.717) is 12.1 Å². The fraction of sp³-hybridized carbons (Fsp3) is 0.200. The van der Waals surface area contributed by atoms with Crippen molar-refractivity contribution in [2.45, 2.75) is 13.0 Å². The molecule has 0 fully saturated rings. The summed E-state index contributed by atoms with van der Waals surface area (Å²) in [6.45, 7) is 1.45. The van der Waals surface area contributed by atoms with Crippen LogP contribution < -0.4 is 0 Å². The van der Waals surface area contributed by atoms with Crippen molar-refractivity contribution in [2.24, 2.45) is 0 Å². The molecule has 1 aliphatic heterocycles. The summed E-state index contributed by atoms with van der Waals surface area (Å²) in [4.78, 5) is 16.0. The lowest BCUT2D eigenvalue weighted by atomic mass is 10.1. The molecule has 2 aromatic heterocycles. The Labute approximate surface area is 131 Å². The van der Waals surface area contributed by atoms with Gasteiger partial charge in [-0.15, -0.1) is 16.4 Å². The van der Waals surface area contributed by atoms with Gasteiger partial charge in [0.25, 0.3) is 5.91 Å². The zero-order valence-corrected chi connectivity index (χ0v) is 12.5. The molecule has 110 valence electrons. The van der Waals surface area contributed by atoms with Gasteiger partial charge in [-0.1, -0.05) is 6.07 Å². The van der Waals surface area contributed by atoms with E-state index in [9.17, 15) is 4.79 Å². The number of fused-ring (bicyclic) bond motifs is 1. The van der Waals surface area contributed by atoms with Crippen LogP contribution in [-0.2, 0) is 13.0 Å². The summed E-state index contributed by atoms with van der Waals surface area (Å²) >= 11 is 1.77. The molecule has 0 bridgehead atoms. The van der Waals surface area contributed by atoms with Gasteiger partial charge >= 0.3 is 0 Å². The highest BCUT2D eigenvalue weighted by Gasteiger charge is 2.22. The van der Waals surface area contributed by atoms with Crippen LogP contribution in [0.3, 0.4) is 0 Å². The van der Waals surface area contributed by atoms with E-state index in [1.165, 1.54) is 16.8 Å². The van der Waals surface area contributed by atoms with Crippen molar-refractivity contribution >= 4 is 17.2 Å². The first-order chi connectivity index (χ1) is 10.8. The fourth-order valence-electron chi connectivity index (χ4n) is 2.67. The quantitative estimate of drug-likeness (QED) is 0.725. The molecule has 7 heteroatoms. The van der Waals surface area contributed by atoms with Crippen molar-refractivity contribution in [3.63, 3.8) is 0 Å². The summed E-state index contributed by atoms with van der Waals surface area (Å²) in [6.07, 6.45) is 2.45. The molecule has 0 saturated heterocycles. The van der Waals surface area contributed by atoms with Gasteiger partial charge in [-0.05, 0) is 52.1 Å². The lowest BCUT2D eigenvalue weighted by Gasteiger charge is -2.27. The Kier molecular flexibility index (Phi) is 3.19. The van der Waals surface area contributed by atoms with Gasteiger partial charge in [0.2, 0.25) is 0 Å². The summed E-state index contributed by atoms with van der Waals surface area (Å²) in [5.74, 6) is 0.0479. The Morgan fingerprint density at radius 2 is 2.23 bits per heavy atom. The van der Waals surface area contributed by atoms with Gasteiger partial charge in [-0.25, -0.2) is 4.68 Å². The Morgan fingerprint density at radius 3 is 3.09 bits per heavy atom. The molecule has 0 aliphatic carbocycles. The van der Waals surface area contributed by atoms with Gasteiger partial charge in [0.05, 0.1) is 5.69 Å². The largest absolute Gasteiger partial charge is 0.334 e. The predicted molar refractivity (Wildman–Crippen MR) is 81.9 cm³/mol. The molecular weight excluding hydrogens is 298 g/mol.